The Hall–Kier alpha value is -2.74. The molecule has 1 fully saturated rings. The van der Waals surface area contributed by atoms with E-state index >= 15 is 0 Å². The molecule has 8 heteroatoms. The summed E-state index contributed by atoms with van der Waals surface area (Å²) in [5.74, 6) is 0. The second-order valence-corrected chi connectivity index (χ2v) is 11.1. The van der Waals surface area contributed by atoms with Gasteiger partial charge in [-0.1, -0.05) is 0 Å². The van der Waals surface area contributed by atoms with Crippen molar-refractivity contribution < 1.29 is 22.7 Å². The zero-order valence-electron chi connectivity index (χ0n) is 16.9. The van der Waals surface area contributed by atoms with E-state index in [9.17, 15) is 13.2 Å². The Bertz CT molecular complexity index is 1390. The SMILES string of the molecule is O=Cc1ccccc1[Se]c1c(C2OCCO2)c2ccccc2n1S(=O)(=O)c1ccccc1. The molecule has 1 aromatic heterocycles. The summed E-state index contributed by atoms with van der Waals surface area (Å²) in [6.45, 7) is 0.875. The number of hydrogen-bond acceptors (Lipinski definition) is 5. The third-order valence-electron chi connectivity index (χ3n) is 5.22. The van der Waals surface area contributed by atoms with E-state index in [0.29, 0.717) is 34.4 Å². The van der Waals surface area contributed by atoms with Crippen molar-refractivity contribution in [2.24, 2.45) is 0 Å². The van der Waals surface area contributed by atoms with Crippen LogP contribution in [-0.4, -0.2) is 46.8 Å². The molecule has 32 heavy (non-hydrogen) atoms. The van der Waals surface area contributed by atoms with E-state index in [2.05, 4.69) is 0 Å². The summed E-state index contributed by atoms with van der Waals surface area (Å²) in [5.41, 5.74) is 1.81. The number of carbonyl (C=O) groups is 1. The van der Waals surface area contributed by atoms with Crippen LogP contribution in [0, 0.1) is 0 Å². The van der Waals surface area contributed by atoms with Crippen molar-refractivity contribution in [3.8, 4) is 0 Å². The van der Waals surface area contributed by atoms with Crippen LogP contribution < -0.4 is 9.05 Å². The Morgan fingerprint density at radius 2 is 1.53 bits per heavy atom. The predicted molar refractivity (Wildman–Crippen MR) is 122 cm³/mol. The fraction of sp³-hybridized carbons (Fsp3) is 0.125. The molecular weight excluding hydrogens is 493 g/mol. The molecule has 0 radical (unpaired) electrons. The van der Waals surface area contributed by atoms with Crippen LogP contribution in [0.25, 0.3) is 10.9 Å². The van der Waals surface area contributed by atoms with Crippen molar-refractivity contribution in [2.75, 3.05) is 13.2 Å². The number of fused-ring (bicyclic) bond motifs is 1. The van der Waals surface area contributed by atoms with Crippen LogP contribution in [0.1, 0.15) is 22.2 Å². The van der Waals surface area contributed by atoms with E-state index in [1.807, 2.05) is 30.3 Å². The summed E-state index contributed by atoms with van der Waals surface area (Å²) in [6.07, 6.45) is 0.144. The fourth-order valence-electron chi connectivity index (χ4n) is 3.77. The molecule has 0 aliphatic carbocycles. The molecule has 5 rings (SSSR count). The molecule has 162 valence electrons. The molecule has 1 aliphatic heterocycles. The van der Waals surface area contributed by atoms with Crippen molar-refractivity contribution in [1.29, 1.82) is 0 Å². The van der Waals surface area contributed by atoms with E-state index in [1.165, 1.54) is 3.97 Å². The molecule has 0 unspecified atom stereocenters. The minimum absolute atomic E-state index is 0.196. The fourth-order valence-corrected chi connectivity index (χ4v) is 8.31. The predicted octanol–water partition coefficient (Wildman–Crippen LogP) is 2.39. The second-order valence-electron chi connectivity index (χ2n) is 7.15. The van der Waals surface area contributed by atoms with E-state index in [1.54, 1.807) is 48.5 Å². The number of aldehydes is 1. The molecule has 0 bridgehead atoms. The first-order chi connectivity index (χ1) is 15.6. The third-order valence-corrected chi connectivity index (χ3v) is 9.70. The molecule has 0 spiro atoms. The monoisotopic (exact) mass is 513 g/mol. The van der Waals surface area contributed by atoms with E-state index in [0.717, 1.165) is 16.1 Å². The normalized spacial score (nSPS) is 14.8. The van der Waals surface area contributed by atoms with Crippen LogP contribution in [0.15, 0.2) is 83.8 Å². The summed E-state index contributed by atoms with van der Waals surface area (Å²) < 4.78 is 42.2. The van der Waals surface area contributed by atoms with Gasteiger partial charge in [0, 0.05) is 0 Å². The quantitative estimate of drug-likeness (QED) is 0.293. The van der Waals surface area contributed by atoms with Gasteiger partial charge in [-0.15, -0.1) is 0 Å². The summed E-state index contributed by atoms with van der Waals surface area (Å²) in [4.78, 5) is 11.9. The van der Waals surface area contributed by atoms with Crippen molar-refractivity contribution in [2.45, 2.75) is 11.2 Å². The zero-order valence-corrected chi connectivity index (χ0v) is 19.4. The van der Waals surface area contributed by atoms with Gasteiger partial charge in [0.2, 0.25) is 0 Å². The van der Waals surface area contributed by atoms with Gasteiger partial charge >= 0.3 is 192 Å². The molecule has 0 saturated carbocycles. The number of benzene rings is 3. The van der Waals surface area contributed by atoms with Crippen LogP contribution in [-0.2, 0) is 19.5 Å². The average molecular weight is 512 g/mol. The van der Waals surface area contributed by atoms with Gasteiger partial charge in [0.15, 0.2) is 0 Å². The summed E-state index contributed by atoms with van der Waals surface area (Å²) in [7, 11) is -3.91. The summed E-state index contributed by atoms with van der Waals surface area (Å²) >= 11 is -0.511. The molecule has 3 aromatic carbocycles. The molecule has 1 aliphatic rings. The van der Waals surface area contributed by atoms with Crippen LogP contribution in [0.3, 0.4) is 0 Å². The van der Waals surface area contributed by atoms with Crippen molar-refractivity contribution in [3.05, 3.63) is 90.0 Å². The van der Waals surface area contributed by atoms with Gasteiger partial charge in [0.1, 0.15) is 0 Å². The molecule has 0 N–H and O–H groups in total. The van der Waals surface area contributed by atoms with E-state index in [-0.39, 0.29) is 4.90 Å². The standard InChI is InChI=1S/C24H19NO5SSe/c26-16-17-8-4-7-13-21(17)32-23-22(24-29-14-15-30-24)19-11-5-6-12-20(19)25(23)31(27,28)18-9-2-1-3-10-18/h1-13,16,24H,14-15H2. The van der Waals surface area contributed by atoms with Crippen molar-refractivity contribution in [3.63, 3.8) is 0 Å². The van der Waals surface area contributed by atoms with Crippen LogP contribution in [0.4, 0.5) is 0 Å². The third kappa shape index (κ3) is 3.60. The Morgan fingerprint density at radius 3 is 2.28 bits per heavy atom. The van der Waals surface area contributed by atoms with Gasteiger partial charge in [-0.25, -0.2) is 0 Å². The molecule has 4 aromatic rings. The van der Waals surface area contributed by atoms with Gasteiger partial charge in [-0.3, -0.25) is 0 Å². The molecular formula is C24H19NO5SSe. The van der Waals surface area contributed by atoms with Gasteiger partial charge in [0.25, 0.3) is 0 Å². The number of hydrogen-bond donors (Lipinski definition) is 0. The van der Waals surface area contributed by atoms with Crippen LogP contribution in [0.2, 0.25) is 0 Å². The number of aromatic nitrogens is 1. The molecule has 0 amide bonds. The molecule has 6 nitrogen and oxygen atoms in total. The van der Waals surface area contributed by atoms with E-state index < -0.39 is 31.3 Å². The van der Waals surface area contributed by atoms with Crippen LogP contribution >= 0.6 is 0 Å². The van der Waals surface area contributed by atoms with Gasteiger partial charge < -0.3 is 0 Å². The molecule has 2 heterocycles. The van der Waals surface area contributed by atoms with Gasteiger partial charge in [0.05, 0.1) is 0 Å². The van der Waals surface area contributed by atoms with Crippen molar-refractivity contribution >= 4 is 51.2 Å². The topological polar surface area (TPSA) is 74.6 Å². The van der Waals surface area contributed by atoms with Gasteiger partial charge in [-0.2, -0.15) is 0 Å². The maximum absolute atomic E-state index is 13.9. The Labute approximate surface area is 192 Å². The average Bonchev–Trinajstić information content (AvgIpc) is 3.46. The number of para-hydroxylation sites is 1. The Morgan fingerprint density at radius 1 is 0.875 bits per heavy atom. The minimum atomic E-state index is -3.91. The maximum atomic E-state index is 13.9. The molecule has 1 saturated heterocycles. The van der Waals surface area contributed by atoms with Crippen LogP contribution in [0.5, 0.6) is 0 Å². The zero-order chi connectivity index (χ0) is 22.1. The Balaban J connectivity index is 1.83. The second kappa shape index (κ2) is 8.65. The summed E-state index contributed by atoms with van der Waals surface area (Å²) in [6, 6.07) is 23.0. The Kier molecular flexibility index (Phi) is 5.71. The first kappa shape index (κ1) is 21.1. The number of carbonyl (C=O) groups excluding carboxylic acids is 1. The molecule has 0 atom stereocenters. The number of rotatable bonds is 6. The van der Waals surface area contributed by atoms with E-state index in [4.69, 9.17) is 9.47 Å². The van der Waals surface area contributed by atoms with Crippen molar-refractivity contribution in [1.82, 2.24) is 3.97 Å². The van der Waals surface area contributed by atoms with Gasteiger partial charge in [-0.05, 0) is 0 Å². The first-order valence-corrected chi connectivity index (χ1v) is 13.2. The first-order valence-electron chi connectivity index (χ1n) is 10.0. The number of nitrogens with zero attached hydrogens (tertiary/aromatic N) is 1. The number of ether oxygens (including phenoxy) is 2. The summed E-state index contributed by atoms with van der Waals surface area (Å²) in [5, 5.41) is 0.763.